The number of pyridine rings is 1. The van der Waals surface area contributed by atoms with Crippen molar-refractivity contribution >= 4 is 0 Å². The molecule has 0 aliphatic heterocycles. The number of rotatable bonds is 2. The number of nitrogens with one attached hydrogen (secondary N) is 1. The van der Waals surface area contributed by atoms with Crippen LogP contribution in [0.25, 0.3) is 0 Å². The molecule has 0 saturated heterocycles. The van der Waals surface area contributed by atoms with E-state index in [1.807, 2.05) is 4.98 Å². The molecule has 0 radical (unpaired) electrons. The fraction of sp³-hybridized carbons (Fsp3) is 0.444. The molecule has 0 aromatic carbocycles. The third-order valence-electron chi connectivity index (χ3n) is 1.83. The van der Waals surface area contributed by atoms with Crippen molar-refractivity contribution in [1.82, 2.24) is 4.98 Å². The van der Waals surface area contributed by atoms with Crippen molar-refractivity contribution in [1.29, 1.82) is 0 Å². The zero-order chi connectivity index (χ0) is 11.6. The number of ether oxygens (including phenoxy) is 1. The summed E-state index contributed by atoms with van der Waals surface area (Å²) in [6.45, 7) is 3.22. The Morgan fingerprint density at radius 1 is 1.47 bits per heavy atom. The summed E-state index contributed by atoms with van der Waals surface area (Å²) in [5.74, 6) is -0.127. The van der Waals surface area contributed by atoms with Gasteiger partial charge < -0.3 is 9.72 Å². The van der Waals surface area contributed by atoms with E-state index in [4.69, 9.17) is 4.74 Å². The quantitative estimate of drug-likeness (QED) is 0.830. The molecule has 0 saturated carbocycles. The number of aromatic nitrogens is 1. The molecule has 84 valence electrons. The molecule has 0 spiro atoms. The molecule has 0 aliphatic carbocycles. The van der Waals surface area contributed by atoms with Crippen LogP contribution in [-0.2, 0) is 6.18 Å². The van der Waals surface area contributed by atoms with Gasteiger partial charge in [-0.3, -0.25) is 4.79 Å². The molecule has 1 heterocycles. The van der Waals surface area contributed by atoms with E-state index in [1.165, 1.54) is 6.92 Å². The maximum atomic E-state index is 12.3. The summed E-state index contributed by atoms with van der Waals surface area (Å²) in [5, 5.41) is 0. The molecule has 6 heteroatoms. The zero-order valence-corrected chi connectivity index (χ0v) is 8.23. The Morgan fingerprint density at radius 3 is 2.53 bits per heavy atom. The minimum atomic E-state index is -4.57. The highest BCUT2D eigenvalue weighted by Crippen LogP contribution is 2.28. The highest BCUT2D eigenvalue weighted by atomic mass is 19.4. The third kappa shape index (κ3) is 2.51. The van der Waals surface area contributed by atoms with Gasteiger partial charge >= 0.3 is 6.18 Å². The number of aromatic amines is 1. The van der Waals surface area contributed by atoms with E-state index in [9.17, 15) is 18.0 Å². The van der Waals surface area contributed by atoms with E-state index in [2.05, 4.69) is 0 Å². The molecular formula is C9H10F3NO2. The van der Waals surface area contributed by atoms with Crippen LogP contribution in [0.4, 0.5) is 13.2 Å². The Labute approximate surface area is 83.9 Å². The first-order valence-electron chi connectivity index (χ1n) is 4.30. The lowest BCUT2D eigenvalue weighted by Crippen LogP contribution is -2.17. The molecule has 15 heavy (non-hydrogen) atoms. The van der Waals surface area contributed by atoms with Gasteiger partial charge in [0.15, 0.2) is 11.3 Å². The van der Waals surface area contributed by atoms with E-state index in [1.54, 1.807) is 6.92 Å². The van der Waals surface area contributed by atoms with Crippen LogP contribution >= 0.6 is 0 Å². The number of H-pyrrole nitrogens is 1. The van der Waals surface area contributed by atoms with Crippen molar-refractivity contribution in [2.45, 2.75) is 20.0 Å². The molecule has 1 N–H and O–H groups in total. The van der Waals surface area contributed by atoms with Crippen LogP contribution in [0.5, 0.6) is 5.88 Å². The highest BCUT2D eigenvalue weighted by Gasteiger charge is 2.32. The average Bonchev–Trinajstić information content (AvgIpc) is 2.11. The summed E-state index contributed by atoms with van der Waals surface area (Å²) in [6.07, 6.45) is -4.57. The topological polar surface area (TPSA) is 42.1 Å². The second kappa shape index (κ2) is 3.96. The van der Waals surface area contributed by atoms with Crippen molar-refractivity contribution in [3.63, 3.8) is 0 Å². The lowest BCUT2D eigenvalue weighted by atomic mass is 10.2. The molecular weight excluding hydrogens is 211 g/mol. The lowest BCUT2D eigenvalue weighted by Gasteiger charge is -2.11. The molecule has 3 nitrogen and oxygen atoms in total. The number of alkyl halides is 3. The van der Waals surface area contributed by atoms with Crippen LogP contribution in [-0.4, -0.2) is 11.6 Å². The van der Waals surface area contributed by atoms with Gasteiger partial charge in [-0.15, -0.1) is 0 Å². The smallest absolute Gasteiger partial charge is 0.431 e. The Bertz CT molecular complexity index is 409. The normalized spacial score (nSPS) is 11.5. The standard InChI is InChI=1S/C9H10F3NO2/c1-3-15-8-5(2)6(14)4-7(13-8)9(10,11)12/h4H,3H2,1-2H3,(H,13,14). The van der Waals surface area contributed by atoms with E-state index in [0.717, 1.165) is 0 Å². The SMILES string of the molecule is CCOc1[nH]c(C(F)(F)F)cc(=O)c1C. The molecule has 1 aromatic rings. The fourth-order valence-electron chi connectivity index (χ4n) is 1.04. The van der Waals surface area contributed by atoms with Crippen molar-refractivity contribution in [2.75, 3.05) is 6.61 Å². The van der Waals surface area contributed by atoms with Gasteiger partial charge in [0, 0.05) is 6.07 Å². The van der Waals surface area contributed by atoms with Crippen molar-refractivity contribution < 1.29 is 17.9 Å². The van der Waals surface area contributed by atoms with Crippen LogP contribution in [0.15, 0.2) is 10.9 Å². The monoisotopic (exact) mass is 221 g/mol. The minimum absolute atomic E-state index is 0.127. The summed E-state index contributed by atoms with van der Waals surface area (Å²) in [4.78, 5) is 13.2. The van der Waals surface area contributed by atoms with Crippen LogP contribution in [0, 0.1) is 6.92 Å². The Kier molecular flexibility index (Phi) is 3.06. The Morgan fingerprint density at radius 2 is 2.07 bits per heavy atom. The second-order valence-electron chi connectivity index (χ2n) is 2.93. The summed E-state index contributed by atoms with van der Waals surface area (Å²) in [7, 11) is 0. The second-order valence-corrected chi connectivity index (χ2v) is 2.93. The van der Waals surface area contributed by atoms with Gasteiger partial charge in [-0.05, 0) is 13.8 Å². The third-order valence-corrected chi connectivity index (χ3v) is 1.83. The summed E-state index contributed by atoms with van der Waals surface area (Å²) in [5.41, 5.74) is -1.64. The van der Waals surface area contributed by atoms with Crippen LogP contribution in [0.3, 0.4) is 0 Å². The maximum absolute atomic E-state index is 12.3. The van der Waals surface area contributed by atoms with Crippen molar-refractivity contribution in [2.24, 2.45) is 0 Å². The molecule has 1 aromatic heterocycles. The molecule has 0 fully saturated rings. The van der Waals surface area contributed by atoms with Gasteiger partial charge in [-0.1, -0.05) is 0 Å². The van der Waals surface area contributed by atoms with Gasteiger partial charge in [0.2, 0.25) is 0 Å². The number of halogens is 3. The first-order chi connectivity index (χ1) is 6.86. The van der Waals surface area contributed by atoms with Crippen LogP contribution < -0.4 is 10.2 Å². The predicted molar refractivity (Wildman–Crippen MR) is 48.0 cm³/mol. The molecule has 1 rings (SSSR count). The average molecular weight is 221 g/mol. The number of hydrogen-bond acceptors (Lipinski definition) is 2. The van der Waals surface area contributed by atoms with Crippen LogP contribution in [0.1, 0.15) is 18.2 Å². The molecule has 0 aliphatic rings. The van der Waals surface area contributed by atoms with Gasteiger partial charge in [-0.25, -0.2) is 0 Å². The van der Waals surface area contributed by atoms with E-state index in [0.29, 0.717) is 6.07 Å². The Hall–Kier alpha value is -1.46. The number of hydrogen-bond donors (Lipinski definition) is 1. The largest absolute Gasteiger partial charge is 0.479 e. The molecule has 0 atom stereocenters. The zero-order valence-electron chi connectivity index (χ0n) is 8.23. The van der Waals surface area contributed by atoms with Gasteiger partial charge in [0.1, 0.15) is 5.69 Å². The minimum Gasteiger partial charge on any atom is -0.479 e. The van der Waals surface area contributed by atoms with E-state index < -0.39 is 17.3 Å². The highest BCUT2D eigenvalue weighted by molar-refractivity contribution is 5.28. The van der Waals surface area contributed by atoms with E-state index >= 15 is 0 Å². The predicted octanol–water partition coefficient (Wildman–Crippen LogP) is 2.10. The molecule has 0 bridgehead atoms. The van der Waals surface area contributed by atoms with Crippen LogP contribution in [0.2, 0.25) is 0 Å². The fourth-order valence-corrected chi connectivity index (χ4v) is 1.04. The maximum Gasteiger partial charge on any atom is 0.431 e. The summed E-state index contributed by atoms with van der Waals surface area (Å²) in [6, 6.07) is 0.526. The van der Waals surface area contributed by atoms with Gasteiger partial charge in [0.05, 0.1) is 12.2 Å². The van der Waals surface area contributed by atoms with Crippen molar-refractivity contribution in [3.05, 3.63) is 27.5 Å². The van der Waals surface area contributed by atoms with Gasteiger partial charge in [-0.2, -0.15) is 13.2 Å². The summed E-state index contributed by atoms with van der Waals surface area (Å²) < 4.78 is 41.8. The summed E-state index contributed by atoms with van der Waals surface area (Å²) >= 11 is 0. The van der Waals surface area contributed by atoms with E-state index in [-0.39, 0.29) is 18.1 Å². The lowest BCUT2D eigenvalue weighted by molar-refractivity contribution is -0.141. The van der Waals surface area contributed by atoms with Gasteiger partial charge in [0.25, 0.3) is 0 Å². The van der Waals surface area contributed by atoms with Crippen molar-refractivity contribution in [3.8, 4) is 5.88 Å². The molecule has 0 unspecified atom stereocenters. The first-order valence-corrected chi connectivity index (χ1v) is 4.30. The first kappa shape index (κ1) is 11.6. The molecule has 0 amide bonds. The Balaban J connectivity index is 3.30.